The molecule has 1 aromatic heterocycles. The summed E-state index contributed by atoms with van der Waals surface area (Å²) in [6, 6.07) is 9.32. The van der Waals surface area contributed by atoms with Gasteiger partial charge in [0, 0.05) is 35.7 Å². The lowest BCUT2D eigenvalue weighted by molar-refractivity contribution is 0.0728. The molecule has 108 valence electrons. The molecule has 1 aliphatic rings. The van der Waals surface area contributed by atoms with Crippen molar-refractivity contribution in [1.29, 1.82) is 0 Å². The van der Waals surface area contributed by atoms with Crippen molar-refractivity contribution in [1.82, 2.24) is 9.88 Å². The van der Waals surface area contributed by atoms with Crippen LogP contribution >= 0.6 is 0 Å². The molecule has 3 heteroatoms. The van der Waals surface area contributed by atoms with Crippen LogP contribution in [0, 0.1) is 0 Å². The number of hydrogen-bond acceptors (Lipinski definition) is 2. The average Bonchev–Trinajstić information content (AvgIpc) is 2.73. The normalized spacial score (nSPS) is 18.7. The number of nitrogens with one attached hydrogen (secondary N) is 1. The van der Waals surface area contributed by atoms with Crippen LogP contribution in [-0.2, 0) is 24.2 Å². The van der Waals surface area contributed by atoms with Crippen molar-refractivity contribution in [3.05, 3.63) is 35.5 Å². The third-order valence-corrected chi connectivity index (χ3v) is 4.09. The largest absolute Gasteiger partial charge is 0.377 e. The van der Waals surface area contributed by atoms with Crippen LogP contribution in [0.3, 0.4) is 0 Å². The predicted octanol–water partition coefficient (Wildman–Crippen LogP) is 3.10. The second-order valence-corrected chi connectivity index (χ2v) is 6.00. The second-order valence-electron chi connectivity index (χ2n) is 6.00. The second kappa shape index (κ2) is 5.58. The van der Waals surface area contributed by atoms with Crippen LogP contribution in [0.1, 0.15) is 32.0 Å². The molecule has 3 nitrogen and oxygen atoms in total. The highest BCUT2D eigenvalue weighted by Gasteiger charge is 2.22. The number of nitrogens with zero attached hydrogens (tertiary/aromatic N) is 1. The minimum Gasteiger partial charge on any atom is -0.377 e. The van der Waals surface area contributed by atoms with Gasteiger partial charge < -0.3 is 14.6 Å². The molecule has 20 heavy (non-hydrogen) atoms. The first-order valence-corrected chi connectivity index (χ1v) is 7.60. The first-order valence-electron chi connectivity index (χ1n) is 7.60. The SMILES string of the molecule is CC1Cc2c(n(CCOC(C)C)c3ccccc23)CN1. The van der Waals surface area contributed by atoms with Gasteiger partial charge in [-0.3, -0.25) is 0 Å². The van der Waals surface area contributed by atoms with E-state index in [-0.39, 0.29) is 0 Å². The van der Waals surface area contributed by atoms with Gasteiger partial charge in [0.2, 0.25) is 0 Å². The van der Waals surface area contributed by atoms with Crippen molar-refractivity contribution in [3.63, 3.8) is 0 Å². The zero-order valence-corrected chi connectivity index (χ0v) is 12.6. The summed E-state index contributed by atoms with van der Waals surface area (Å²) >= 11 is 0. The Kier molecular flexibility index (Phi) is 3.81. The molecule has 1 unspecified atom stereocenters. The van der Waals surface area contributed by atoms with E-state index in [4.69, 9.17) is 4.74 Å². The topological polar surface area (TPSA) is 26.2 Å². The minimum absolute atomic E-state index is 0.297. The van der Waals surface area contributed by atoms with E-state index in [9.17, 15) is 0 Å². The zero-order chi connectivity index (χ0) is 14.1. The maximum Gasteiger partial charge on any atom is 0.0649 e. The number of fused-ring (bicyclic) bond motifs is 3. The fourth-order valence-electron chi connectivity index (χ4n) is 3.14. The van der Waals surface area contributed by atoms with Crippen LogP contribution in [0.15, 0.2) is 24.3 Å². The van der Waals surface area contributed by atoms with Crippen LogP contribution in [0.5, 0.6) is 0 Å². The molecule has 0 saturated carbocycles. The van der Waals surface area contributed by atoms with Gasteiger partial charge in [0.05, 0.1) is 12.7 Å². The molecule has 1 atom stereocenters. The van der Waals surface area contributed by atoms with Crippen LogP contribution in [0.2, 0.25) is 0 Å². The van der Waals surface area contributed by atoms with E-state index in [2.05, 4.69) is 54.9 Å². The van der Waals surface area contributed by atoms with Crippen molar-refractivity contribution in [2.24, 2.45) is 0 Å². The minimum atomic E-state index is 0.297. The predicted molar refractivity (Wildman–Crippen MR) is 83.0 cm³/mol. The van der Waals surface area contributed by atoms with Gasteiger partial charge in [0.15, 0.2) is 0 Å². The quantitative estimate of drug-likeness (QED) is 0.925. The number of para-hydroxylation sites is 1. The van der Waals surface area contributed by atoms with E-state index in [1.165, 1.54) is 22.2 Å². The summed E-state index contributed by atoms with van der Waals surface area (Å²) < 4.78 is 8.17. The Morgan fingerprint density at radius 1 is 1.35 bits per heavy atom. The van der Waals surface area contributed by atoms with Gasteiger partial charge in [0.1, 0.15) is 0 Å². The molecule has 2 aromatic rings. The number of benzene rings is 1. The Bertz CT molecular complexity index is 600. The summed E-state index contributed by atoms with van der Waals surface area (Å²) in [6.07, 6.45) is 1.42. The standard InChI is InChI=1S/C17H24N2O/c1-12(2)20-9-8-19-16-7-5-4-6-14(16)15-10-13(3)18-11-17(15)19/h4-7,12-13,18H,8-11H2,1-3H3. The third kappa shape index (κ3) is 2.48. The monoisotopic (exact) mass is 272 g/mol. The van der Waals surface area contributed by atoms with Crippen molar-refractivity contribution in [3.8, 4) is 0 Å². The van der Waals surface area contributed by atoms with Crippen LogP contribution in [0.4, 0.5) is 0 Å². The summed E-state index contributed by atoms with van der Waals surface area (Å²) in [5.41, 5.74) is 4.31. The van der Waals surface area contributed by atoms with Gasteiger partial charge in [-0.1, -0.05) is 18.2 Å². The highest BCUT2D eigenvalue weighted by Crippen LogP contribution is 2.29. The lowest BCUT2D eigenvalue weighted by Gasteiger charge is -2.22. The van der Waals surface area contributed by atoms with E-state index in [1.807, 2.05) is 0 Å². The smallest absolute Gasteiger partial charge is 0.0649 e. The molecule has 1 aromatic carbocycles. The molecule has 3 rings (SSSR count). The molecule has 0 aliphatic carbocycles. The van der Waals surface area contributed by atoms with Gasteiger partial charge in [-0.25, -0.2) is 0 Å². The number of aromatic nitrogens is 1. The molecule has 1 N–H and O–H groups in total. The maximum atomic E-state index is 5.73. The Labute approximate surface area is 120 Å². The van der Waals surface area contributed by atoms with E-state index in [1.54, 1.807) is 0 Å². The van der Waals surface area contributed by atoms with Crippen molar-refractivity contribution in [2.75, 3.05) is 6.61 Å². The Morgan fingerprint density at radius 2 is 2.15 bits per heavy atom. The van der Waals surface area contributed by atoms with Gasteiger partial charge in [-0.15, -0.1) is 0 Å². The Balaban J connectivity index is 1.98. The highest BCUT2D eigenvalue weighted by molar-refractivity contribution is 5.86. The summed E-state index contributed by atoms with van der Waals surface area (Å²) in [5.74, 6) is 0. The lowest BCUT2D eigenvalue weighted by Crippen LogP contribution is -2.33. The first kappa shape index (κ1) is 13.7. The Hall–Kier alpha value is -1.32. The van der Waals surface area contributed by atoms with Crippen molar-refractivity contribution >= 4 is 10.9 Å². The summed E-state index contributed by atoms with van der Waals surface area (Å²) in [4.78, 5) is 0. The van der Waals surface area contributed by atoms with Crippen molar-refractivity contribution < 1.29 is 4.74 Å². The van der Waals surface area contributed by atoms with Crippen LogP contribution in [0.25, 0.3) is 10.9 Å². The van der Waals surface area contributed by atoms with E-state index < -0.39 is 0 Å². The Morgan fingerprint density at radius 3 is 2.95 bits per heavy atom. The summed E-state index contributed by atoms with van der Waals surface area (Å²) in [6.45, 7) is 9.12. The van der Waals surface area contributed by atoms with Gasteiger partial charge in [-0.05, 0) is 38.8 Å². The molecular weight excluding hydrogens is 248 g/mol. The molecule has 0 amide bonds. The van der Waals surface area contributed by atoms with E-state index in [0.717, 1.165) is 26.1 Å². The molecule has 0 fully saturated rings. The number of hydrogen-bond donors (Lipinski definition) is 1. The van der Waals surface area contributed by atoms with E-state index >= 15 is 0 Å². The van der Waals surface area contributed by atoms with Gasteiger partial charge in [-0.2, -0.15) is 0 Å². The van der Waals surface area contributed by atoms with Gasteiger partial charge >= 0.3 is 0 Å². The van der Waals surface area contributed by atoms with Gasteiger partial charge in [0.25, 0.3) is 0 Å². The third-order valence-electron chi connectivity index (χ3n) is 4.09. The zero-order valence-electron chi connectivity index (χ0n) is 12.6. The maximum absolute atomic E-state index is 5.73. The molecule has 0 spiro atoms. The number of rotatable bonds is 4. The molecule has 0 saturated heterocycles. The summed E-state index contributed by atoms with van der Waals surface area (Å²) in [7, 11) is 0. The van der Waals surface area contributed by atoms with Crippen molar-refractivity contribution in [2.45, 2.75) is 52.4 Å². The first-order chi connectivity index (χ1) is 9.66. The molecular formula is C17H24N2O. The fourth-order valence-corrected chi connectivity index (χ4v) is 3.14. The van der Waals surface area contributed by atoms with Crippen LogP contribution in [-0.4, -0.2) is 23.3 Å². The lowest BCUT2D eigenvalue weighted by atomic mass is 10.00. The summed E-state index contributed by atoms with van der Waals surface area (Å²) in [5, 5.41) is 4.99. The van der Waals surface area contributed by atoms with Crippen LogP contribution < -0.4 is 5.32 Å². The molecule has 2 heterocycles. The van der Waals surface area contributed by atoms with E-state index in [0.29, 0.717) is 12.1 Å². The molecule has 0 bridgehead atoms. The fraction of sp³-hybridized carbons (Fsp3) is 0.529. The average molecular weight is 272 g/mol. The molecule has 0 radical (unpaired) electrons. The highest BCUT2D eigenvalue weighted by atomic mass is 16.5. The molecule has 1 aliphatic heterocycles. The number of ether oxygens (including phenoxy) is 1.